The van der Waals surface area contributed by atoms with Crippen molar-refractivity contribution in [3.05, 3.63) is 12.2 Å². The van der Waals surface area contributed by atoms with Crippen LogP contribution in [-0.4, -0.2) is 12.1 Å². The van der Waals surface area contributed by atoms with Crippen molar-refractivity contribution in [3.63, 3.8) is 0 Å². The van der Waals surface area contributed by atoms with Gasteiger partial charge in [0.2, 0.25) is 0 Å². The minimum absolute atomic E-state index is 0.0461. The fraction of sp³-hybridized carbons (Fsp3) is 0.897. The Bertz CT molecular complexity index is 651. The van der Waals surface area contributed by atoms with Crippen LogP contribution in [0.5, 0.6) is 0 Å². The third-order valence-corrected chi connectivity index (χ3v) is 10.3. The molecular weight excluding hydrogens is 380 g/mol. The van der Waals surface area contributed by atoms with Gasteiger partial charge >= 0.3 is 5.97 Å². The van der Waals surface area contributed by atoms with Crippen molar-refractivity contribution in [3.8, 4) is 0 Å². The van der Waals surface area contributed by atoms with Gasteiger partial charge in [0.15, 0.2) is 0 Å². The number of carbonyl (C=O) groups is 1. The first kappa shape index (κ1) is 24.8. The van der Waals surface area contributed by atoms with E-state index in [4.69, 9.17) is 4.74 Å². The highest BCUT2D eigenvalue weighted by Crippen LogP contribution is 2.65. The van der Waals surface area contributed by atoms with Gasteiger partial charge in [-0.15, -0.1) is 0 Å². The highest BCUT2D eigenvalue weighted by atomic mass is 16.5. The maximum absolute atomic E-state index is 11.4. The van der Waals surface area contributed by atoms with E-state index >= 15 is 0 Å². The number of ether oxygens (including phenoxy) is 1. The normalized spacial score (nSPS) is 41.8. The molecule has 8 atom stereocenters. The second-order valence-electron chi connectivity index (χ2n) is 12.6. The highest BCUT2D eigenvalue weighted by molar-refractivity contribution is 5.66. The summed E-state index contributed by atoms with van der Waals surface area (Å²) < 4.78 is 5.54. The number of carbonyl (C=O) groups excluding carboxylic acids is 1. The molecule has 0 bridgehead atoms. The Labute approximate surface area is 193 Å². The summed E-state index contributed by atoms with van der Waals surface area (Å²) in [6.45, 7) is 21.0. The largest absolute Gasteiger partial charge is 0.462 e. The molecule has 2 nitrogen and oxygen atoms in total. The lowest BCUT2D eigenvalue weighted by molar-refractivity contribution is -0.148. The maximum atomic E-state index is 11.4. The van der Waals surface area contributed by atoms with Gasteiger partial charge in [-0.3, -0.25) is 4.79 Å². The zero-order valence-electron chi connectivity index (χ0n) is 21.6. The van der Waals surface area contributed by atoms with Gasteiger partial charge in [-0.1, -0.05) is 73.0 Å². The van der Waals surface area contributed by atoms with Gasteiger partial charge in [0.05, 0.1) is 0 Å². The second-order valence-corrected chi connectivity index (χ2v) is 12.6. The molecule has 3 rings (SSSR count). The van der Waals surface area contributed by atoms with Crippen molar-refractivity contribution in [1.82, 2.24) is 0 Å². The molecule has 0 heterocycles. The molecule has 0 radical (unpaired) electrons. The summed E-state index contributed by atoms with van der Waals surface area (Å²) >= 11 is 0. The fourth-order valence-electron chi connectivity index (χ4n) is 8.45. The molecule has 0 aromatic rings. The quantitative estimate of drug-likeness (QED) is 0.300. The predicted octanol–water partition coefficient (Wildman–Crippen LogP) is 8.21. The van der Waals surface area contributed by atoms with E-state index in [2.05, 4.69) is 48.1 Å². The number of hydrogen-bond donors (Lipinski definition) is 0. The SMILES string of the molecule is C=C1C[C@@H](OC(C)=O)CC[C@]1(C)C1CC[C@@]2(C)C(CCC2[C@H](C)CCCC(C)C)C1C. The zero-order valence-corrected chi connectivity index (χ0v) is 21.6. The molecule has 31 heavy (non-hydrogen) atoms. The van der Waals surface area contributed by atoms with E-state index < -0.39 is 0 Å². The van der Waals surface area contributed by atoms with Crippen molar-refractivity contribution >= 4 is 5.97 Å². The van der Waals surface area contributed by atoms with Crippen LogP contribution in [0.25, 0.3) is 0 Å². The predicted molar refractivity (Wildman–Crippen MR) is 131 cm³/mol. The Kier molecular flexibility index (Phi) is 7.69. The first-order valence-corrected chi connectivity index (χ1v) is 13.3. The highest BCUT2D eigenvalue weighted by Gasteiger charge is 2.57. The number of rotatable bonds is 7. The van der Waals surface area contributed by atoms with Crippen LogP contribution in [0.15, 0.2) is 12.2 Å². The molecule has 3 aliphatic rings. The average Bonchev–Trinajstić information content (AvgIpc) is 3.02. The number of esters is 1. The Morgan fingerprint density at radius 3 is 2.39 bits per heavy atom. The van der Waals surface area contributed by atoms with Gasteiger partial charge in [0.1, 0.15) is 6.10 Å². The van der Waals surface area contributed by atoms with Gasteiger partial charge in [0, 0.05) is 13.3 Å². The van der Waals surface area contributed by atoms with Crippen LogP contribution < -0.4 is 0 Å². The summed E-state index contributed by atoms with van der Waals surface area (Å²) in [5.41, 5.74) is 2.07. The minimum Gasteiger partial charge on any atom is -0.462 e. The lowest BCUT2D eigenvalue weighted by Crippen LogP contribution is -2.48. The van der Waals surface area contributed by atoms with Crippen LogP contribution in [0.1, 0.15) is 113 Å². The van der Waals surface area contributed by atoms with E-state index in [0.717, 1.165) is 54.8 Å². The van der Waals surface area contributed by atoms with E-state index in [9.17, 15) is 4.79 Å². The van der Waals surface area contributed by atoms with Crippen LogP contribution in [0, 0.1) is 46.3 Å². The molecule has 2 heteroatoms. The van der Waals surface area contributed by atoms with Crippen molar-refractivity contribution in [2.24, 2.45) is 46.3 Å². The lowest BCUT2D eigenvalue weighted by atomic mass is 9.50. The minimum atomic E-state index is -0.150. The topological polar surface area (TPSA) is 26.3 Å². The van der Waals surface area contributed by atoms with Gasteiger partial charge < -0.3 is 4.74 Å². The molecule has 3 fully saturated rings. The maximum Gasteiger partial charge on any atom is 0.302 e. The summed E-state index contributed by atoms with van der Waals surface area (Å²) in [7, 11) is 0. The van der Waals surface area contributed by atoms with Crippen LogP contribution in [-0.2, 0) is 9.53 Å². The van der Waals surface area contributed by atoms with E-state index in [1.165, 1.54) is 57.4 Å². The van der Waals surface area contributed by atoms with Crippen LogP contribution in [0.3, 0.4) is 0 Å². The second kappa shape index (κ2) is 9.60. The third kappa shape index (κ3) is 4.93. The summed E-state index contributed by atoms with van der Waals surface area (Å²) in [5, 5.41) is 0. The van der Waals surface area contributed by atoms with Gasteiger partial charge in [-0.2, -0.15) is 0 Å². The van der Waals surface area contributed by atoms with Crippen LogP contribution >= 0.6 is 0 Å². The summed E-state index contributed by atoms with van der Waals surface area (Å²) in [6.07, 6.45) is 12.8. The molecule has 0 N–H and O–H groups in total. The molecule has 0 saturated heterocycles. The third-order valence-electron chi connectivity index (χ3n) is 10.3. The first-order chi connectivity index (χ1) is 14.5. The Balaban J connectivity index is 1.66. The average molecular weight is 431 g/mol. The molecule has 3 saturated carbocycles. The van der Waals surface area contributed by atoms with Crippen molar-refractivity contribution < 1.29 is 9.53 Å². The van der Waals surface area contributed by atoms with Crippen molar-refractivity contribution in [1.29, 1.82) is 0 Å². The molecule has 0 aromatic carbocycles. The van der Waals surface area contributed by atoms with E-state index in [-0.39, 0.29) is 17.5 Å². The standard InChI is InChI=1S/C29H50O2/c1-19(2)10-9-11-20(3)25-12-13-26-22(5)27(15-17-29(25,26)8)28(7)16-14-24(18-21(28)4)31-23(6)30/h19-20,22,24-27H,4,9-18H2,1-3,5-8H3/t20-,22?,24+,25?,26?,27?,28+,29-/m1/s1. The van der Waals surface area contributed by atoms with E-state index in [0.29, 0.717) is 5.41 Å². The molecule has 0 aliphatic heterocycles. The Morgan fingerprint density at radius 2 is 1.77 bits per heavy atom. The summed E-state index contributed by atoms with van der Waals surface area (Å²) in [6, 6.07) is 0. The molecule has 0 aromatic heterocycles. The van der Waals surface area contributed by atoms with E-state index in [1.54, 1.807) is 0 Å². The van der Waals surface area contributed by atoms with Gasteiger partial charge in [-0.25, -0.2) is 0 Å². The Hall–Kier alpha value is -0.790. The lowest BCUT2D eigenvalue weighted by Gasteiger charge is -2.55. The van der Waals surface area contributed by atoms with Gasteiger partial charge in [0.25, 0.3) is 0 Å². The monoisotopic (exact) mass is 430 g/mol. The summed E-state index contributed by atoms with van der Waals surface area (Å²) in [4.78, 5) is 11.4. The molecular formula is C29H50O2. The number of hydrogen-bond acceptors (Lipinski definition) is 2. The molecule has 0 amide bonds. The van der Waals surface area contributed by atoms with Crippen LogP contribution in [0.4, 0.5) is 0 Å². The Morgan fingerprint density at radius 1 is 1.06 bits per heavy atom. The number of fused-ring (bicyclic) bond motifs is 1. The molecule has 0 spiro atoms. The van der Waals surface area contributed by atoms with Crippen molar-refractivity contribution in [2.75, 3.05) is 0 Å². The summed E-state index contributed by atoms with van der Waals surface area (Å²) in [5.74, 6) is 4.80. The molecule has 4 unspecified atom stereocenters. The molecule has 3 aliphatic carbocycles. The first-order valence-electron chi connectivity index (χ1n) is 13.3. The van der Waals surface area contributed by atoms with Crippen LogP contribution in [0.2, 0.25) is 0 Å². The van der Waals surface area contributed by atoms with Gasteiger partial charge in [-0.05, 0) is 84.9 Å². The fourth-order valence-corrected chi connectivity index (χ4v) is 8.45. The smallest absolute Gasteiger partial charge is 0.302 e. The zero-order chi connectivity index (χ0) is 23.0. The van der Waals surface area contributed by atoms with E-state index in [1.807, 2.05) is 0 Å². The molecule has 178 valence electrons. The van der Waals surface area contributed by atoms with Crippen molar-refractivity contribution in [2.45, 2.75) is 119 Å².